The van der Waals surface area contributed by atoms with Gasteiger partial charge in [-0.2, -0.15) is 0 Å². The third-order valence-corrected chi connectivity index (χ3v) is 3.32. The Bertz CT molecular complexity index is 486. The first-order chi connectivity index (χ1) is 9.54. The standard InChI is InChI=1S/C13H17NO5S/c1-18-8-7-14-12(15)9-19-13(16)10-3-5-11(6-4-10)20(2)17/h3-6H,7-9H2,1-2H3,(H,14,15). The van der Waals surface area contributed by atoms with Crippen LogP contribution in [0.5, 0.6) is 0 Å². The zero-order valence-corrected chi connectivity index (χ0v) is 12.2. The van der Waals surface area contributed by atoms with Crippen LogP contribution in [0.25, 0.3) is 0 Å². The highest BCUT2D eigenvalue weighted by Gasteiger charge is 2.10. The highest BCUT2D eigenvalue weighted by molar-refractivity contribution is 7.84. The first-order valence-corrected chi connectivity index (χ1v) is 7.46. The molecule has 1 amide bonds. The van der Waals surface area contributed by atoms with Crippen LogP contribution >= 0.6 is 0 Å². The third-order valence-electron chi connectivity index (χ3n) is 2.38. The summed E-state index contributed by atoms with van der Waals surface area (Å²) in [6, 6.07) is 6.21. The molecule has 0 saturated heterocycles. The smallest absolute Gasteiger partial charge is 0.338 e. The maximum absolute atomic E-state index is 11.7. The van der Waals surface area contributed by atoms with E-state index in [1.807, 2.05) is 0 Å². The average Bonchev–Trinajstić information content (AvgIpc) is 2.45. The van der Waals surface area contributed by atoms with Gasteiger partial charge < -0.3 is 14.8 Å². The first-order valence-electron chi connectivity index (χ1n) is 5.91. The number of ether oxygens (including phenoxy) is 2. The molecule has 1 rings (SSSR count). The molecule has 1 aromatic rings. The Kier molecular flexibility index (Phi) is 6.89. The van der Waals surface area contributed by atoms with Gasteiger partial charge in [-0.3, -0.25) is 9.00 Å². The van der Waals surface area contributed by atoms with Gasteiger partial charge >= 0.3 is 5.97 Å². The average molecular weight is 299 g/mol. The van der Waals surface area contributed by atoms with Crippen molar-refractivity contribution in [1.29, 1.82) is 0 Å². The SMILES string of the molecule is COCCNC(=O)COC(=O)c1ccc(S(C)=O)cc1. The van der Waals surface area contributed by atoms with Gasteiger partial charge in [0, 0.05) is 35.6 Å². The lowest BCUT2D eigenvalue weighted by molar-refractivity contribution is -0.124. The van der Waals surface area contributed by atoms with Crippen molar-refractivity contribution in [1.82, 2.24) is 5.32 Å². The molecule has 0 fully saturated rings. The maximum atomic E-state index is 11.7. The van der Waals surface area contributed by atoms with Crippen LogP contribution in [0.4, 0.5) is 0 Å². The lowest BCUT2D eigenvalue weighted by atomic mass is 10.2. The fourth-order valence-corrected chi connectivity index (χ4v) is 1.86. The van der Waals surface area contributed by atoms with E-state index in [2.05, 4.69) is 5.32 Å². The first kappa shape index (κ1) is 16.3. The highest BCUT2D eigenvalue weighted by atomic mass is 32.2. The van der Waals surface area contributed by atoms with Crippen molar-refractivity contribution in [2.24, 2.45) is 0 Å². The van der Waals surface area contributed by atoms with Gasteiger partial charge in [-0.1, -0.05) is 0 Å². The number of methoxy groups -OCH3 is 1. The summed E-state index contributed by atoms with van der Waals surface area (Å²) in [7, 11) is 0.433. The van der Waals surface area contributed by atoms with Crippen molar-refractivity contribution in [2.45, 2.75) is 4.90 Å². The number of hydrogen-bond acceptors (Lipinski definition) is 5. The van der Waals surface area contributed by atoms with Gasteiger partial charge in [0.1, 0.15) is 0 Å². The van der Waals surface area contributed by atoms with Gasteiger partial charge in [-0.25, -0.2) is 4.79 Å². The van der Waals surface area contributed by atoms with Gasteiger partial charge in [0.05, 0.1) is 12.2 Å². The largest absolute Gasteiger partial charge is 0.452 e. The second kappa shape index (κ2) is 8.44. The molecule has 7 heteroatoms. The van der Waals surface area contributed by atoms with Gasteiger partial charge in [0.25, 0.3) is 5.91 Å². The molecule has 1 atom stereocenters. The van der Waals surface area contributed by atoms with E-state index in [4.69, 9.17) is 9.47 Å². The minimum Gasteiger partial charge on any atom is -0.452 e. The van der Waals surface area contributed by atoms with E-state index in [1.165, 1.54) is 19.2 Å². The van der Waals surface area contributed by atoms with Crippen LogP contribution in [0.15, 0.2) is 29.2 Å². The molecule has 0 aliphatic rings. The minimum atomic E-state index is -1.09. The third kappa shape index (κ3) is 5.50. The molecule has 0 aromatic heterocycles. The van der Waals surface area contributed by atoms with E-state index in [1.54, 1.807) is 18.4 Å². The normalized spacial score (nSPS) is 11.7. The van der Waals surface area contributed by atoms with Crippen molar-refractivity contribution in [2.75, 3.05) is 33.1 Å². The molecule has 1 aromatic carbocycles. The Labute approximate surface area is 119 Å². The number of rotatable bonds is 7. The van der Waals surface area contributed by atoms with Crippen molar-refractivity contribution in [3.8, 4) is 0 Å². The van der Waals surface area contributed by atoms with E-state index in [9.17, 15) is 13.8 Å². The van der Waals surface area contributed by atoms with Crippen LogP contribution in [0.1, 0.15) is 10.4 Å². The highest BCUT2D eigenvalue weighted by Crippen LogP contribution is 2.08. The topological polar surface area (TPSA) is 81.7 Å². The molecule has 110 valence electrons. The predicted molar refractivity (Wildman–Crippen MR) is 73.9 cm³/mol. The van der Waals surface area contributed by atoms with Crippen molar-refractivity contribution < 1.29 is 23.3 Å². The van der Waals surface area contributed by atoms with Crippen molar-refractivity contribution >= 4 is 22.7 Å². The minimum absolute atomic E-state index is 0.309. The molecular formula is C13H17NO5S. The molecule has 0 aliphatic carbocycles. The Hall–Kier alpha value is -1.73. The van der Waals surface area contributed by atoms with E-state index in [0.29, 0.717) is 23.6 Å². The predicted octanol–water partition coefficient (Wildman–Crippen LogP) is 0.343. The maximum Gasteiger partial charge on any atom is 0.338 e. The Morgan fingerprint density at radius 3 is 2.45 bits per heavy atom. The summed E-state index contributed by atoms with van der Waals surface area (Å²) >= 11 is 0. The van der Waals surface area contributed by atoms with Crippen LogP contribution in [-0.4, -0.2) is 49.2 Å². The summed E-state index contributed by atoms with van der Waals surface area (Å²) in [6.07, 6.45) is 1.55. The van der Waals surface area contributed by atoms with E-state index in [0.717, 1.165) is 0 Å². The second-order valence-corrected chi connectivity index (χ2v) is 5.28. The molecule has 0 aliphatic heterocycles. The summed E-state index contributed by atoms with van der Waals surface area (Å²) in [5, 5.41) is 2.53. The van der Waals surface area contributed by atoms with Crippen molar-refractivity contribution in [3.63, 3.8) is 0 Å². The number of carbonyl (C=O) groups is 2. The summed E-state index contributed by atoms with van der Waals surface area (Å²) < 4.78 is 20.8. The number of hydrogen-bond donors (Lipinski definition) is 1. The van der Waals surface area contributed by atoms with Crippen LogP contribution in [0.2, 0.25) is 0 Å². The molecule has 20 heavy (non-hydrogen) atoms. The molecule has 0 bridgehead atoms. The van der Waals surface area contributed by atoms with Gasteiger partial charge in [0.15, 0.2) is 6.61 Å². The Morgan fingerprint density at radius 2 is 1.90 bits per heavy atom. The van der Waals surface area contributed by atoms with Gasteiger partial charge in [-0.15, -0.1) is 0 Å². The zero-order chi connectivity index (χ0) is 15.0. The Morgan fingerprint density at radius 1 is 1.25 bits per heavy atom. The monoisotopic (exact) mass is 299 g/mol. The number of carbonyl (C=O) groups excluding carboxylic acids is 2. The molecule has 1 N–H and O–H groups in total. The molecule has 0 saturated carbocycles. The second-order valence-electron chi connectivity index (χ2n) is 3.90. The summed E-state index contributed by atoms with van der Waals surface area (Å²) in [6.45, 7) is 0.420. The lowest BCUT2D eigenvalue weighted by Gasteiger charge is -2.06. The van der Waals surface area contributed by atoms with Crippen molar-refractivity contribution in [3.05, 3.63) is 29.8 Å². The zero-order valence-electron chi connectivity index (χ0n) is 11.4. The Balaban J connectivity index is 2.42. The van der Waals surface area contributed by atoms with Gasteiger partial charge in [0.2, 0.25) is 0 Å². The lowest BCUT2D eigenvalue weighted by Crippen LogP contribution is -2.31. The summed E-state index contributed by atoms with van der Waals surface area (Å²) in [4.78, 5) is 23.6. The quantitative estimate of drug-likeness (QED) is 0.580. The summed E-state index contributed by atoms with van der Waals surface area (Å²) in [5.41, 5.74) is 0.309. The molecule has 6 nitrogen and oxygen atoms in total. The molecule has 0 spiro atoms. The molecular weight excluding hydrogens is 282 g/mol. The van der Waals surface area contributed by atoms with E-state index in [-0.39, 0.29) is 12.5 Å². The van der Waals surface area contributed by atoms with Gasteiger partial charge in [-0.05, 0) is 24.3 Å². The van der Waals surface area contributed by atoms with E-state index >= 15 is 0 Å². The molecule has 1 unspecified atom stereocenters. The van der Waals surface area contributed by atoms with Crippen LogP contribution in [-0.2, 0) is 25.1 Å². The number of esters is 1. The number of nitrogens with one attached hydrogen (secondary N) is 1. The summed E-state index contributed by atoms with van der Waals surface area (Å²) in [5.74, 6) is -0.984. The fourth-order valence-electron chi connectivity index (χ4n) is 1.34. The van der Waals surface area contributed by atoms with Crippen LogP contribution < -0.4 is 5.32 Å². The van der Waals surface area contributed by atoms with Crippen LogP contribution in [0, 0.1) is 0 Å². The van der Waals surface area contributed by atoms with Crippen LogP contribution in [0.3, 0.4) is 0 Å². The molecule has 0 radical (unpaired) electrons. The fraction of sp³-hybridized carbons (Fsp3) is 0.385. The molecule has 0 heterocycles. The number of benzene rings is 1. The number of amides is 1. The van der Waals surface area contributed by atoms with E-state index < -0.39 is 16.8 Å².